The molecular formula is C13H17NO2. The van der Waals surface area contributed by atoms with Gasteiger partial charge in [-0.05, 0) is 43.0 Å². The molecule has 0 saturated heterocycles. The predicted molar refractivity (Wildman–Crippen MR) is 65.9 cm³/mol. The summed E-state index contributed by atoms with van der Waals surface area (Å²) in [5.41, 5.74) is 4.66. The Hall–Kier alpha value is -1.64. The summed E-state index contributed by atoms with van der Waals surface area (Å²) in [6, 6.07) is 4.07. The van der Waals surface area contributed by atoms with Crippen LogP contribution in [0.25, 0.3) is 6.08 Å². The van der Waals surface area contributed by atoms with Gasteiger partial charge < -0.3 is 0 Å². The molecule has 0 bridgehead atoms. The first-order chi connectivity index (χ1) is 7.45. The van der Waals surface area contributed by atoms with Gasteiger partial charge in [-0.2, -0.15) is 0 Å². The summed E-state index contributed by atoms with van der Waals surface area (Å²) in [6.07, 6.45) is 2.11. The predicted octanol–water partition coefficient (Wildman–Crippen LogP) is 3.64. The van der Waals surface area contributed by atoms with E-state index < -0.39 is 0 Å². The quantitative estimate of drug-likeness (QED) is 0.575. The van der Waals surface area contributed by atoms with Gasteiger partial charge in [0.1, 0.15) is 0 Å². The zero-order chi connectivity index (χ0) is 12.3. The maximum atomic E-state index is 10.7. The minimum Gasteiger partial charge on any atom is -0.259 e. The third-order valence-corrected chi connectivity index (χ3v) is 2.80. The van der Waals surface area contributed by atoms with E-state index in [0.29, 0.717) is 6.42 Å². The smallest absolute Gasteiger partial charge is 0.246 e. The van der Waals surface area contributed by atoms with Crippen molar-refractivity contribution >= 4 is 6.08 Å². The van der Waals surface area contributed by atoms with Crippen molar-refractivity contribution in [2.75, 3.05) is 0 Å². The van der Waals surface area contributed by atoms with Crippen LogP contribution in [-0.2, 0) is 0 Å². The number of allylic oxidation sites excluding steroid dienone is 1. The fourth-order valence-corrected chi connectivity index (χ4v) is 1.60. The highest BCUT2D eigenvalue weighted by Gasteiger charge is 2.09. The van der Waals surface area contributed by atoms with E-state index in [9.17, 15) is 10.1 Å². The average Bonchev–Trinajstić information content (AvgIpc) is 2.21. The molecule has 0 aliphatic rings. The number of hydrogen-bond acceptors (Lipinski definition) is 2. The number of hydrogen-bond donors (Lipinski definition) is 0. The molecule has 1 rings (SSSR count). The molecule has 1 aromatic rings. The number of nitrogens with zero attached hydrogens (tertiary/aromatic N) is 1. The van der Waals surface area contributed by atoms with Crippen molar-refractivity contribution in [2.24, 2.45) is 0 Å². The van der Waals surface area contributed by atoms with Crippen LogP contribution in [0.3, 0.4) is 0 Å². The fourth-order valence-electron chi connectivity index (χ4n) is 1.60. The zero-order valence-corrected chi connectivity index (χ0v) is 10.2. The van der Waals surface area contributed by atoms with Crippen molar-refractivity contribution in [3.8, 4) is 0 Å². The van der Waals surface area contributed by atoms with Crippen LogP contribution in [0.2, 0.25) is 0 Å². The Morgan fingerprint density at radius 1 is 1.25 bits per heavy atom. The van der Waals surface area contributed by atoms with Crippen molar-refractivity contribution in [2.45, 2.75) is 34.1 Å². The molecule has 16 heavy (non-hydrogen) atoms. The normalized spacial score (nSPS) is 11.6. The van der Waals surface area contributed by atoms with Gasteiger partial charge in [0.05, 0.1) is 4.92 Å². The highest BCUT2D eigenvalue weighted by molar-refractivity contribution is 5.57. The maximum Gasteiger partial charge on any atom is 0.246 e. The van der Waals surface area contributed by atoms with Crippen molar-refractivity contribution in [3.63, 3.8) is 0 Å². The second-order valence-corrected chi connectivity index (χ2v) is 4.04. The Bertz CT molecular complexity index is 447. The SMILES string of the molecule is CCC(=Cc1cc(C)c(C)cc1C)[N+](=O)[O-]. The van der Waals surface area contributed by atoms with E-state index in [2.05, 4.69) is 6.07 Å². The van der Waals surface area contributed by atoms with Gasteiger partial charge in [0.25, 0.3) is 0 Å². The molecule has 3 nitrogen and oxygen atoms in total. The Morgan fingerprint density at radius 2 is 1.81 bits per heavy atom. The number of aryl methyl sites for hydroxylation is 3. The van der Waals surface area contributed by atoms with Crippen LogP contribution in [0.5, 0.6) is 0 Å². The molecule has 0 N–H and O–H groups in total. The molecule has 0 aliphatic carbocycles. The summed E-state index contributed by atoms with van der Waals surface area (Å²) in [6.45, 7) is 7.84. The minimum atomic E-state index is -0.311. The molecule has 0 fully saturated rings. The molecule has 3 heteroatoms. The number of rotatable bonds is 3. The monoisotopic (exact) mass is 219 g/mol. The van der Waals surface area contributed by atoms with Crippen LogP contribution < -0.4 is 0 Å². The summed E-state index contributed by atoms with van der Waals surface area (Å²) >= 11 is 0. The molecule has 0 radical (unpaired) electrons. The third kappa shape index (κ3) is 2.69. The summed E-state index contributed by atoms with van der Waals surface area (Å²) in [5, 5.41) is 10.7. The lowest BCUT2D eigenvalue weighted by Gasteiger charge is -2.06. The van der Waals surface area contributed by atoms with E-state index in [1.54, 1.807) is 13.0 Å². The summed E-state index contributed by atoms with van der Waals surface area (Å²) in [4.78, 5) is 10.4. The van der Waals surface area contributed by atoms with Gasteiger partial charge in [-0.25, -0.2) is 0 Å². The first kappa shape index (κ1) is 12.4. The molecular weight excluding hydrogens is 202 g/mol. The second kappa shape index (κ2) is 4.92. The van der Waals surface area contributed by atoms with Crippen molar-refractivity contribution in [3.05, 3.63) is 50.2 Å². The van der Waals surface area contributed by atoms with Crippen molar-refractivity contribution in [1.29, 1.82) is 0 Å². The van der Waals surface area contributed by atoms with Gasteiger partial charge in [0.15, 0.2) is 0 Å². The standard InChI is InChI=1S/C13H17NO2/c1-5-13(14(15)16)8-12-7-10(3)9(2)6-11(12)4/h6-8H,5H2,1-4H3. The Morgan fingerprint density at radius 3 is 2.31 bits per heavy atom. The minimum absolute atomic E-state index is 0.256. The van der Waals surface area contributed by atoms with Crippen LogP contribution in [0.4, 0.5) is 0 Å². The number of benzene rings is 1. The van der Waals surface area contributed by atoms with Gasteiger partial charge in [-0.1, -0.05) is 19.1 Å². The van der Waals surface area contributed by atoms with E-state index in [-0.39, 0.29) is 10.6 Å². The van der Waals surface area contributed by atoms with Crippen LogP contribution >= 0.6 is 0 Å². The Balaban J connectivity index is 3.24. The maximum absolute atomic E-state index is 10.7. The van der Waals surface area contributed by atoms with Crippen LogP contribution in [-0.4, -0.2) is 4.92 Å². The second-order valence-electron chi connectivity index (χ2n) is 4.04. The van der Waals surface area contributed by atoms with Crippen LogP contribution in [0.15, 0.2) is 17.8 Å². The van der Waals surface area contributed by atoms with Gasteiger partial charge in [-0.15, -0.1) is 0 Å². The van der Waals surface area contributed by atoms with Crippen molar-refractivity contribution < 1.29 is 4.92 Å². The summed E-state index contributed by atoms with van der Waals surface area (Å²) in [5.74, 6) is 0. The van der Waals surface area contributed by atoms with E-state index >= 15 is 0 Å². The van der Waals surface area contributed by atoms with E-state index in [1.807, 2.05) is 26.8 Å². The van der Waals surface area contributed by atoms with E-state index in [1.165, 1.54) is 5.56 Å². The van der Waals surface area contributed by atoms with Crippen LogP contribution in [0, 0.1) is 30.9 Å². The first-order valence-electron chi connectivity index (χ1n) is 5.38. The van der Waals surface area contributed by atoms with Gasteiger partial charge >= 0.3 is 0 Å². The van der Waals surface area contributed by atoms with E-state index in [4.69, 9.17) is 0 Å². The topological polar surface area (TPSA) is 43.1 Å². The molecule has 0 aromatic heterocycles. The molecule has 0 heterocycles. The third-order valence-electron chi connectivity index (χ3n) is 2.80. The zero-order valence-electron chi connectivity index (χ0n) is 10.2. The van der Waals surface area contributed by atoms with Crippen molar-refractivity contribution in [1.82, 2.24) is 0 Å². The van der Waals surface area contributed by atoms with Gasteiger partial charge in [0.2, 0.25) is 5.70 Å². The van der Waals surface area contributed by atoms with Crippen LogP contribution in [0.1, 0.15) is 35.6 Å². The lowest BCUT2D eigenvalue weighted by molar-refractivity contribution is -0.425. The molecule has 0 saturated carbocycles. The Kier molecular flexibility index (Phi) is 3.82. The summed E-state index contributed by atoms with van der Waals surface area (Å²) < 4.78 is 0. The average molecular weight is 219 g/mol. The lowest BCUT2D eigenvalue weighted by Crippen LogP contribution is -1.97. The largest absolute Gasteiger partial charge is 0.259 e. The van der Waals surface area contributed by atoms with Gasteiger partial charge in [0, 0.05) is 12.5 Å². The molecule has 86 valence electrons. The summed E-state index contributed by atoms with van der Waals surface area (Å²) in [7, 11) is 0. The highest BCUT2D eigenvalue weighted by atomic mass is 16.6. The molecule has 0 aliphatic heterocycles. The van der Waals surface area contributed by atoms with E-state index in [0.717, 1.165) is 16.7 Å². The molecule has 0 spiro atoms. The molecule has 0 unspecified atom stereocenters. The molecule has 0 atom stereocenters. The molecule has 1 aromatic carbocycles. The highest BCUT2D eigenvalue weighted by Crippen LogP contribution is 2.19. The Labute approximate surface area is 95.9 Å². The van der Waals surface area contributed by atoms with Gasteiger partial charge in [-0.3, -0.25) is 10.1 Å². The lowest BCUT2D eigenvalue weighted by atomic mass is 10.00. The molecule has 0 amide bonds. The number of nitro groups is 1. The first-order valence-corrected chi connectivity index (χ1v) is 5.38. The fraction of sp³-hybridized carbons (Fsp3) is 0.385.